The van der Waals surface area contributed by atoms with Gasteiger partial charge in [0, 0.05) is 30.7 Å². The highest BCUT2D eigenvalue weighted by Gasteiger charge is 2.30. The van der Waals surface area contributed by atoms with Gasteiger partial charge < -0.3 is 19.9 Å². The fourth-order valence-electron chi connectivity index (χ4n) is 3.08. The largest absolute Gasteiger partial charge is 0.381 e. The first-order valence-corrected chi connectivity index (χ1v) is 8.25. The van der Waals surface area contributed by atoms with E-state index in [1.165, 1.54) is 0 Å². The second kappa shape index (κ2) is 7.15. The quantitative estimate of drug-likeness (QED) is 0.901. The highest BCUT2D eigenvalue weighted by molar-refractivity contribution is 5.93. The Kier molecular flexibility index (Phi) is 4.97. The Morgan fingerprint density at radius 1 is 1.33 bits per heavy atom. The number of imidazole rings is 1. The van der Waals surface area contributed by atoms with Crippen LogP contribution in [0.25, 0.3) is 5.69 Å². The van der Waals surface area contributed by atoms with Crippen molar-refractivity contribution in [2.24, 2.45) is 5.92 Å². The Labute approximate surface area is 142 Å². The second-order valence-corrected chi connectivity index (χ2v) is 6.19. The van der Waals surface area contributed by atoms with Crippen LogP contribution in [0.1, 0.15) is 17.8 Å². The Hall–Kier alpha value is -2.18. The summed E-state index contributed by atoms with van der Waals surface area (Å²) in [5.41, 5.74) is 3.95. The maximum Gasteiger partial charge on any atom is 0.231 e. The third-order valence-electron chi connectivity index (χ3n) is 4.72. The molecule has 0 saturated carbocycles. The van der Waals surface area contributed by atoms with Gasteiger partial charge in [0.15, 0.2) is 0 Å². The summed E-state index contributed by atoms with van der Waals surface area (Å²) >= 11 is 0. The minimum atomic E-state index is -0.165. The summed E-state index contributed by atoms with van der Waals surface area (Å²) in [5.74, 6) is -0.168. The molecule has 0 radical (unpaired) electrons. The zero-order chi connectivity index (χ0) is 17.1. The lowest BCUT2D eigenvalue weighted by Gasteiger charge is -2.30. The lowest BCUT2D eigenvalue weighted by atomic mass is 9.95. The molecule has 1 aromatic heterocycles. The number of aromatic nitrogens is 2. The maximum absolute atomic E-state index is 12.5. The van der Waals surface area contributed by atoms with Crippen LogP contribution in [0.4, 0.5) is 5.69 Å². The first-order chi connectivity index (χ1) is 11.6. The molecule has 0 spiro atoms. The first kappa shape index (κ1) is 16.7. The van der Waals surface area contributed by atoms with Gasteiger partial charge in [0.1, 0.15) is 0 Å². The van der Waals surface area contributed by atoms with Crippen molar-refractivity contribution in [1.82, 2.24) is 14.9 Å². The number of carbonyl (C=O) groups is 1. The number of amides is 1. The summed E-state index contributed by atoms with van der Waals surface area (Å²) in [5, 5.41) is 6.24. The van der Waals surface area contributed by atoms with Crippen molar-refractivity contribution < 1.29 is 9.53 Å². The number of aryl methyl sites for hydroxylation is 1. The van der Waals surface area contributed by atoms with E-state index in [-0.39, 0.29) is 17.9 Å². The van der Waals surface area contributed by atoms with Gasteiger partial charge in [-0.1, -0.05) is 0 Å². The number of hydrogen-bond acceptors (Lipinski definition) is 4. The Morgan fingerprint density at radius 3 is 2.71 bits per heavy atom. The number of benzene rings is 1. The normalized spacial score (nSPS) is 20.8. The zero-order valence-corrected chi connectivity index (χ0v) is 14.4. The van der Waals surface area contributed by atoms with Crippen LogP contribution in [0, 0.1) is 19.8 Å². The molecule has 2 heterocycles. The third-order valence-corrected chi connectivity index (χ3v) is 4.72. The van der Waals surface area contributed by atoms with Crippen LogP contribution in [0.3, 0.4) is 0 Å². The molecule has 3 rings (SSSR count). The minimum absolute atomic E-state index is 0.00328. The van der Waals surface area contributed by atoms with Crippen molar-refractivity contribution in [3.63, 3.8) is 0 Å². The lowest BCUT2D eigenvalue weighted by molar-refractivity contribution is -0.125. The van der Waals surface area contributed by atoms with Crippen LogP contribution >= 0.6 is 0 Å². The summed E-state index contributed by atoms with van der Waals surface area (Å²) in [4.78, 5) is 16.8. The van der Waals surface area contributed by atoms with Gasteiger partial charge in [-0.05, 0) is 51.1 Å². The van der Waals surface area contributed by atoms with E-state index < -0.39 is 0 Å². The number of methoxy groups -OCH3 is 1. The molecule has 2 unspecified atom stereocenters. The molecule has 6 nitrogen and oxygen atoms in total. The van der Waals surface area contributed by atoms with Crippen molar-refractivity contribution in [2.75, 3.05) is 25.5 Å². The van der Waals surface area contributed by atoms with E-state index in [0.29, 0.717) is 6.54 Å². The van der Waals surface area contributed by atoms with Crippen LogP contribution in [-0.2, 0) is 9.53 Å². The number of rotatable bonds is 4. The second-order valence-electron chi connectivity index (χ2n) is 6.19. The predicted octanol–water partition coefficient (Wildman–Crippen LogP) is 2.05. The molecule has 0 bridgehead atoms. The highest BCUT2D eigenvalue weighted by atomic mass is 16.5. The maximum atomic E-state index is 12.5. The number of nitrogens with one attached hydrogen (secondary N) is 2. The number of anilines is 1. The SMILES string of the molecule is COC1CCNCC1C(=O)Nc1ccc(-n2cnc(C)c2C)cc1. The molecule has 1 aliphatic heterocycles. The molecule has 2 atom stereocenters. The Balaban J connectivity index is 1.70. The van der Waals surface area contributed by atoms with Gasteiger partial charge in [-0.2, -0.15) is 0 Å². The molecule has 1 fully saturated rings. The van der Waals surface area contributed by atoms with Crippen LogP contribution in [0.2, 0.25) is 0 Å². The molecular weight excluding hydrogens is 304 g/mol. The van der Waals surface area contributed by atoms with Crippen LogP contribution in [0.5, 0.6) is 0 Å². The van der Waals surface area contributed by atoms with Crippen molar-refractivity contribution >= 4 is 11.6 Å². The lowest BCUT2D eigenvalue weighted by Crippen LogP contribution is -2.46. The van der Waals surface area contributed by atoms with Gasteiger partial charge >= 0.3 is 0 Å². The van der Waals surface area contributed by atoms with Gasteiger partial charge in [0.2, 0.25) is 5.91 Å². The van der Waals surface area contributed by atoms with Gasteiger partial charge in [0.25, 0.3) is 0 Å². The van der Waals surface area contributed by atoms with Crippen molar-refractivity contribution in [2.45, 2.75) is 26.4 Å². The molecule has 2 N–H and O–H groups in total. The molecule has 0 aliphatic carbocycles. The van der Waals surface area contributed by atoms with E-state index in [1.54, 1.807) is 7.11 Å². The molecule has 1 amide bonds. The molecule has 128 valence electrons. The predicted molar refractivity (Wildman–Crippen MR) is 93.4 cm³/mol. The molecule has 24 heavy (non-hydrogen) atoms. The first-order valence-electron chi connectivity index (χ1n) is 8.25. The highest BCUT2D eigenvalue weighted by Crippen LogP contribution is 2.20. The fraction of sp³-hybridized carbons (Fsp3) is 0.444. The number of ether oxygens (including phenoxy) is 1. The monoisotopic (exact) mass is 328 g/mol. The standard InChI is InChI=1S/C18H24N4O2/c1-12-13(2)22(11-20-12)15-6-4-14(5-7-15)21-18(23)16-10-19-9-8-17(16)24-3/h4-7,11,16-17,19H,8-10H2,1-3H3,(H,21,23). The molecule has 1 aromatic carbocycles. The fourth-order valence-corrected chi connectivity index (χ4v) is 3.08. The van der Waals surface area contributed by atoms with Crippen molar-refractivity contribution in [1.29, 1.82) is 0 Å². The van der Waals surface area contributed by atoms with E-state index in [9.17, 15) is 4.79 Å². The van der Waals surface area contributed by atoms with Crippen LogP contribution in [0.15, 0.2) is 30.6 Å². The summed E-state index contributed by atoms with van der Waals surface area (Å²) in [6, 6.07) is 7.80. The average molecular weight is 328 g/mol. The van der Waals surface area contributed by atoms with E-state index >= 15 is 0 Å². The number of nitrogens with zero attached hydrogens (tertiary/aromatic N) is 2. The number of piperidine rings is 1. The number of hydrogen-bond donors (Lipinski definition) is 2. The van der Waals surface area contributed by atoms with Gasteiger partial charge in [-0.25, -0.2) is 4.98 Å². The molecule has 1 saturated heterocycles. The van der Waals surface area contributed by atoms with Crippen LogP contribution in [-0.4, -0.2) is 41.8 Å². The topological polar surface area (TPSA) is 68.2 Å². The third kappa shape index (κ3) is 3.34. The number of carbonyl (C=O) groups excluding carboxylic acids is 1. The van der Waals surface area contributed by atoms with Gasteiger partial charge in [-0.15, -0.1) is 0 Å². The summed E-state index contributed by atoms with van der Waals surface area (Å²) in [7, 11) is 1.67. The Bertz CT molecular complexity index is 708. The van der Waals surface area contributed by atoms with Crippen LogP contribution < -0.4 is 10.6 Å². The summed E-state index contributed by atoms with van der Waals surface area (Å²) in [6.45, 7) is 5.57. The molecule has 6 heteroatoms. The summed E-state index contributed by atoms with van der Waals surface area (Å²) < 4.78 is 7.48. The smallest absolute Gasteiger partial charge is 0.231 e. The minimum Gasteiger partial charge on any atom is -0.381 e. The van der Waals surface area contributed by atoms with E-state index in [2.05, 4.69) is 15.6 Å². The van der Waals surface area contributed by atoms with Crippen molar-refractivity contribution in [3.8, 4) is 5.69 Å². The van der Waals surface area contributed by atoms with E-state index in [1.807, 2.05) is 49.0 Å². The molecule has 1 aliphatic rings. The Morgan fingerprint density at radius 2 is 2.08 bits per heavy atom. The average Bonchev–Trinajstić information content (AvgIpc) is 2.95. The van der Waals surface area contributed by atoms with E-state index in [4.69, 9.17) is 4.74 Å². The van der Waals surface area contributed by atoms with Crippen molar-refractivity contribution in [3.05, 3.63) is 42.0 Å². The molecular formula is C18H24N4O2. The van der Waals surface area contributed by atoms with E-state index in [0.717, 1.165) is 35.7 Å². The van der Waals surface area contributed by atoms with Gasteiger partial charge in [-0.3, -0.25) is 4.79 Å². The van der Waals surface area contributed by atoms with Gasteiger partial charge in [0.05, 0.1) is 24.0 Å². The summed E-state index contributed by atoms with van der Waals surface area (Å²) in [6.07, 6.45) is 2.64. The molecule has 2 aromatic rings. The zero-order valence-electron chi connectivity index (χ0n) is 14.4.